The molecular weight excluding hydrogens is 144 g/mol. The highest BCUT2D eigenvalue weighted by Gasteiger charge is 2.52. The molecule has 1 saturated heterocycles. The van der Waals surface area contributed by atoms with Crippen molar-refractivity contribution in [2.24, 2.45) is 5.41 Å². The van der Waals surface area contributed by atoms with Crippen LogP contribution < -0.4 is 10.6 Å². The summed E-state index contributed by atoms with van der Waals surface area (Å²) in [6, 6.07) is 0.153. The van der Waals surface area contributed by atoms with Crippen LogP contribution in [0.5, 0.6) is 0 Å². The van der Waals surface area contributed by atoms with Gasteiger partial charge < -0.3 is 15.7 Å². The Balaban J connectivity index is 1.97. The molecular formula is C7H12N2O2. The van der Waals surface area contributed by atoms with E-state index in [9.17, 15) is 4.79 Å². The first kappa shape index (κ1) is 6.91. The average Bonchev–Trinajstić information content (AvgIpc) is 2.56. The molecule has 0 unspecified atom stereocenters. The Morgan fingerprint density at radius 3 is 2.91 bits per heavy atom. The molecule has 1 spiro atoms. The highest BCUT2D eigenvalue weighted by Crippen LogP contribution is 2.50. The molecule has 0 aromatic carbocycles. The van der Waals surface area contributed by atoms with Crippen LogP contribution in [0.2, 0.25) is 0 Å². The first-order chi connectivity index (χ1) is 5.23. The van der Waals surface area contributed by atoms with E-state index in [-0.39, 0.29) is 6.04 Å². The van der Waals surface area contributed by atoms with Crippen LogP contribution in [-0.4, -0.2) is 30.3 Å². The number of carbonyl (C=O) groups is 1. The average molecular weight is 156 g/mol. The van der Waals surface area contributed by atoms with Gasteiger partial charge >= 0.3 is 6.09 Å². The van der Waals surface area contributed by atoms with Crippen LogP contribution in [0.25, 0.3) is 0 Å². The van der Waals surface area contributed by atoms with Crippen molar-refractivity contribution in [3.05, 3.63) is 0 Å². The van der Waals surface area contributed by atoms with Crippen molar-refractivity contribution in [1.29, 1.82) is 0 Å². The normalized spacial score (nSPS) is 32.2. The molecule has 3 N–H and O–H groups in total. The van der Waals surface area contributed by atoms with Gasteiger partial charge in [0, 0.05) is 18.5 Å². The van der Waals surface area contributed by atoms with Crippen molar-refractivity contribution < 1.29 is 9.90 Å². The van der Waals surface area contributed by atoms with Crippen LogP contribution in [0, 0.1) is 5.41 Å². The second-order valence-corrected chi connectivity index (χ2v) is 3.50. The number of carboxylic acid groups (broad SMARTS) is 1. The van der Waals surface area contributed by atoms with Crippen molar-refractivity contribution in [2.45, 2.75) is 18.9 Å². The fourth-order valence-corrected chi connectivity index (χ4v) is 1.84. The van der Waals surface area contributed by atoms with E-state index in [2.05, 4.69) is 10.6 Å². The second kappa shape index (κ2) is 2.11. The molecule has 1 heterocycles. The largest absolute Gasteiger partial charge is 0.465 e. The molecule has 4 heteroatoms. The Morgan fingerprint density at radius 2 is 2.36 bits per heavy atom. The standard InChI is InChI=1S/C7H12N2O2/c10-6(11)9-5-3-8-4-7(5)1-2-7/h5,8-9H,1-4H2,(H,10,11)/t5-/m0/s1. The lowest BCUT2D eigenvalue weighted by molar-refractivity contribution is 0.186. The van der Waals surface area contributed by atoms with Gasteiger partial charge in [-0.05, 0) is 12.8 Å². The fourth-order valence-electron chi connectivity index (χ4n) is 1.84. The zero-order valence-corrected chi connectivity index (χ0v) is 6.26. The van der Waals surface area contributed by atoms with Crippen LogP contribution in [-0.2, 0) is 0 Å². The maximum absolute atomic E-state index is 10.3. The third-order valence-corrected chi connectivity index (χ3v) is 2.75. The van der Waals surface area contributed by atoms with Gasteiger partial charge in [0.25, 0.3) is 0 Å². The lowest BCUT2D eigenvalue weighted by Crippen LogP contribution is -2.40. The van der Waals surface area contributed by atoms with E-state index in [1.54, 1.807) is 0 Å². The molecule has 2 rings (SSSR count). The minimum absolute atomic E-state index is 0.153. The third-order valence-electron chi connectivity index (χ3n) is 2.75. The van der Waals surface area contributed by atoms with E-state index in [1.165, 1.54) is 12.8 Å². The molecule has 1 atom stereocenters. The van der Waals surface area contributed by atoms with Crippen LogP contribution in [0.15, 0.2) is 0 Å². The summed E-state index contributed by atoms with van der Waals surface area (Å²) in [5, 5.41) is 14.2. The highest BCUT2D eigenvalue weighted by molar-refractivity contribution is 5.65. The maximum Gasteiger partial charge on any atom is 0.404 e. The molecule has 2 aliphatic rings. The summed E-state index contributed by atoms with van der Waals surface area (Å²) in [6.07, 6.45) is 1.44. The van der Waals surface area contributed by atoms with Gasteiger partial charge in [0.15, 0.2) is 0 Å². The summed E-state index contributed by atoms with van der Waals surface area (Å²) < 4.78 is 0. The summed E-state index contributed by atoms with van der Waals surface area (Å²) >= 11 is 0. The fraction of sp³-hybridized carbons (Fsp3) is 0.857. The Labute approximate surface area is 65.0 Å². The van der Waals surface area contributed by atoms with E-state index in [0.717, 1.165) is 13.1 Å². The first-order valence-electron chi connectivity index (χ1n) is 3.93. The highest BCUT2D eigenvalue weighted by atomic mass is 16.4. The first-order valence-corrected chi connectivity index (χ1v) is 3.93. The molecule has 0 radical (unpaired) electrons. The molecule has 0 aromatic rings. The van der Waals surface area contributed by atoms with Gasteiger partial charge in [-0.3, -0.25) is 0 Å². The topological polar surface area (TPSA) is 61.4 Å². The minimum Gasteiger partial charge on any atom is -0.465 e. The lowest BCUT2D eigenvalue weighted by atomic mass is 10.0. The van der Waals surface area contributed by atoms with Crippen LogP contribution >= 0.6 is 0 Å². The Kier molecular flexibility index (Phi) is 1.32. The molecule has 4 nitrogen and oxygen atoms in total. The van der Waals surface area contributed by atoms with Crippen molar-refractivity contribution in [2.75, 3.05) is 13.1 Å². The van der Waals surface area contributed by atoms with E-state index >= 15 is 0 Å². The minimum atomic E-state index is -0.898. The van der Waals surface area contributed by atoms with Gasteiger partial charge in [-0.15, -0.1) is 0 Å². The van der Waals surface area contributed by atoms with Crippen LogP contribution in [0.1, 0.15) is 12.8 Å². The number of amides is 1. The molecule has 2 fully saturated rings. The van der Waals surface area contributed by atoms with E-state index in [0.29, 0.717) is 5.41 Å². The van der Waals surface area contributed by atoms with E-state index in [4.69, 9.17) is 5.11 Å². The predicted octanol–water partition coefficient (Wildman–Crippen LogP) is 0.00600. The summed E-state index contributed by atoms with van der Waals surface area (Å²) in [5.74, 6) is 0. The van der Waals surface area contributed by atoms with Crippen molar-refractivity contribution in [3.8, 4) is 0 Å². The monoisotopic (exact) mass is 156 g/mol. The maximum atomic E-state index is 10.3. The zero-order chi connectivity index (χ0) is 7.90. The van der Waals surface area contributed by atoms with Crippen molar-refractivity contribution in [1.82, 2.24) is 10.6 Å². The Hall–Kier alpha value is -0.770. The summed E-state index contributed by atoms with van der Waals surface area (Å²) in [5.41, 5.74) is 0.290. The lowest BCUT2D eigenvalue weighted by Gasteiger charge is -2.15. The second-order valence-electron chi connectivity index (χ2n) is 3.50. The van der Waals surface area contributed by atoms with Crippen molar-refractivity contribution in [3.63, 3.8) is 0 Å². The molecule has 0 aromatic heterocycles. The zero-order valence-electron chi connectivity index (χ0n) is 6.26. The molecule has 62 valence electrons. The van der Waals surface area contributed by atoms with Gasteiger partial charge in [0.2, 0.25) is 0 Å². The van der Waals surface area contributed by atoms with Gasteiger partial charge in [0.1, 0.15) is 0 Å². The smallest absolute Gasteiger partial charge is 0.404 e. The molecule has 1 saturated carbocycles. The summed E-state index contributed by atoms with van der Waals surface area (Å²) in [4.78, 5) is 10.3. The summed E-state index contributed by atoms with van der Waals surface area (Å²) in [6.45, 7) is 1.78. The molecule has 1 aliphatic carbocycles. The predicted molar refractivity (Wildman–Crippen MR) is 39.5 cm³/mol. The molecule has 11 heavy (non-hydrogen) atoms. The SMILES string of the molecule is O=C(O)N[C@H]1CNCC12CC2. The molecule has 1 aliphatic heterocycles. The van der Waals surface area contributed by atoms with E-state index < -0.39 is 6.09 Å². The van der Waals surface area contributed by atoms with Gasteiger partial charge in [-0.25, -0.2) is 4.79 Å². The number of nitrogens with one attached hydrogen (secondary N) is 2. The van der Waals surface area contributed by atoms with Crippen LogP contribution in [0.4, 0.5) is 4.79 Å². The Morgan fingerprint density at radius 1 is 1.64 bits per heavy atom. The van der Waals surface area contributed by atoms with Crippen molar-refractivity contribution >= 4 is 6.09 Å². The number of hydrogen-bond donors (Lipinski definition) is 3. The van der Waals surface area contributed by atoms with E-state index in [1.807, 2.05) is 0 Å². The number of hydrogen-bond acceptors (Lipinski definition) is 2. The molecule has 1 amide bonds. The quantitative estimate of drug-likeness (QED) is 0.501. The summed E-state index contributed by atoms with van der Waals surface area (Å²) in [7, 11) is 0. The number of rotatable bonds is 1. The third kappa shape index (κ3) is 1.07. The van der Waals surface area contributed by atoms with Crippen LogP contribution in [0.3, 0.4) is 0 Å². The van der Waals surface area contributed by atoms with Gasteiger partial charge in [-0.2, -0.15) is 0 Å². The Bertz CT molecular complexity index is 189. The molecule has 0 bridgehead atoms. The van der Waals surface area contributed by atoms with Gasteiger partial charge in [-0.1, -0.05) is 0 Å². The van der Waals surface area contributed by atoms with Gasteiger partial charge in [0.05, 0.1) is 6.04 Å².